The number of aromatic nitrogens is 1. The summed E-state index contributed by atoms with van der Waals surface area (Å²) in [7, 11) is 4.32. The Morgan fingerprint density at radius 3 is 2.55 bits per heavy atom. The largest absolute Gasteiger partial charge is 0.391 e. The number of hydrogen-bond donors (Lipinski definition) is 1. The second kappa shape index (κ2) is 6.87. The van der Waals surface area contributed by atoms with Crippen molar-refractivity contribution in [1.82, 2.24) is 9.88 Å². The van der Waals surface area contributed by atoms with E-state index in [4.69, 9.17) is 4.98 Å². The summed E-state index contributed by atoms with van der Waals surface area (Å²) in [5.74, 6) is 0.432. The van der Waals surface area contributed by atoms with E-state index < -0.39 is 0 Å². The van der Waals surface area contributed by atoms with Gasteiger partial charge >= 0.3 is 0 Å². The summed E-state index contributed by atoms with van der Waals surface area (Å²) >= 11 is 1.67. The number of nitrogens with zero attached hydrogens (tertiary/aromatic N) is 3. The van der Waals surface area contributed by atoms with Crippen LogP contribution in [0.25, 0.3) is 0 Å². The van der Waals surface area contributed by atoms with Crippen molar-refractivity contribution in [2.75, 3.05) is 32.1 Å². The molecule has 0 radical (unpaired) electrons. The highest BCUT2D eigenvalue weighted by atomic mass is 32.1. The standard InChI is InChI=1S/C15H27N3OS/c1-5-11(2)14-13(10-19)20-15(16-14)18-8-6-12(7-9-18)17(3)4/h11-12,19H,5-10H2,1-4H3. The van der Waals surface area contributed by atoms with E-state index in [2.05, 4.69) is 37.7 Å². The Labute approximate surface area is 126 Å². The average molecular weight is 297 g/mol. The molecule has 0 spiro atoms. The lowest BCUT2D eigenvalue weighted by Gasteiger charge is -2.35. The van der Waals surface area contributed by atoms with Gasteiger partial charge in [0.15, 0.2) is 5.13 Å². The molecule has 1 atom stereocenters. The zero-order chi connectivity index (χ0) is 14.7. The van der Waals surface area contributed by atoms with Crippen LogP contribution in [0.15, 0.2) is 0 Å². The van der Waals surface area contributed by atoms with Crippen LogP contribution in [0.4, 0.5) is 5.13 Å². The molecule has 2 heterocycles. The molecule has 0 aromatic carbocycles. The van der Waals surface area contributed by atoms with Crippen molar-refractivity contribution in [1.29, 1.82) is 0 Å². The second-order valence-corrected chi connectivity index (χ2v) is 7.02. The maximum absolute atomic E-state index is 9.53. The van der Waals surface area contributed by atoms with Crippen molar-refractivity contribution in [3.8, 4) is 0 Å². The van der Waals surface area contributed by atoms with Crippen LogP contribution in [-0.4, -0.2) is 48.2 Å². The predicted octanol–water partition coefficient (Wildman–Crippen LogP) is 2.68. The minimum Gasteiger partial charge on any atom is -0.391 e. The maximum Gasteiger partial charge on any atom is 0.185 e. The molecule has 1 unspecified atom stereocenters. The third-order valence-electron chi connectivity index (χ3n) is 4.40. The van der Waals surface area contributed by atoms with Gasteiger partial charge < -0.3 is 14.9 Å². The third kappa shape index (κ3) is 3.32. The Morgan fingerprint density at radius 1 is 1.40 bits per heavy atom. The van der Waals surface area contributed by atoms with Crippen molar-refractivity contribution in [3.05, 3.63) is 10.6 Å². The Hall–Kier alpha value is -0.650. The molecule has 1 saturated heterocycles. The molecule has 0 saturated carbocycles. The molecule has 1 aliphatic heterocycles. The summed E-state index contributed by atoms with van der Waals surface area (Å²) in [6.07, 6.45) is 3.46. The quantitative estimate of drug-likeness (QED) is 0.907. The number of hydrogen-bond acceptors (Lipinski definition) is 5. The topological polar surface area (TPSA) is 39.6 Å². The van der Waals surface area contributed by atoms with Gasteiger partial charge in [-0.15, -0.1) is 0 Å². The molecule has 4 nitrogen and oxygen atoms in total. The average Bonchev–Trinajstić information content (AvgIpc) is 2.90. The summed E-state index contributed by atoms with van der Waals surface area (Å²) < 4.78 is 0. The first-order chi connectivity index (χ1) is 9.56. The molecular weight excluding hydrogens is 270 g/mol. The number of thiazole rings is 1. The van der Waals surface area contributed by atoms with Gasteiger partial charge in [0.2, 0.25) is 0 Å². The van der Waals surface area contributed by atoms with Gasteiger partial charge in [-0.25, -0.2) is 4.98 Å². The number of aliphatic hydroxyl groups is 1. The summed E-state index contributed by atoms with van der Waals surface area (Å²) in [5, 5.41) is 10.6. The number of aliphatic hydroxyl groups excluding tert-OH is 1. The normalized spacial score (nSPS) is 18.8. The van der Waals surface area contributed by atoms with Crippen molar-refractivity contribution >= 4 is 16.5 Å². The number of anilines is 1. The van der Waals surface area contributed by atoms with Crippen molar-refractivity contribution in [3.63, 3.8) is 0 Å². The van der Waals surface area contributed by atoms with Crippen LogP contribution >= 0.6 is 11.3 Å². The van der Waals surface area contributed by atoms with Gasteiger partial charge in [-0.2, -0.15) is 0 Å². The molecule has 20 heavy (non-hydrogen) atoms. The predicted molar refractivity (Wildman–Crippen MR) is 85.7 cm³/mol. The van der Waals surface area contributed by atoms with Gasteiger partial charge in [-0.05, 0) is 39.3 Å². The monoisotopic (exact) mass is 297 g/mol. The van der Waals surface area contributed by atoms with Gasteiger partial charge in [-0.1, -0.05) is 25.2 Å². The first-order valence-corrected chi connectivity index (χ1v) is 8.40. The van der Waals surface area contributed by atoms with E-state index in [0.717, 1.165) is 35.2 Å². The minimum atomic E-state index is 0.117. The summed E-state index contributed by atoms with van der Waals surface area (Å²) in [4.78, 5) is 10.6. The van der Waals surface area contributed by atoms with Crippen LogP contribution in [0.5, 0.6) is 0 Å². The van der Waals surface area contributed by atoms with E-state index in [1.807, 2.05) is 0 Å². The first kappa shape index (κ1) is 15.7. The SMILES string of the molecule is CCC(C)c1nc(N2CCC(N(C)C)CC2)sc1CO. The van der Waals surface area contributed by atoms with E-state index in [-0.39, 0.29) is 6.61 Å². The van der Waals surface area contributed by atoms with E-state index >= 15 is 0 Å². The van der Waals surface area contributed by atoms with Gasteiger partial charge in [0, 0.05) is 19.1 Å². The molecule has 0 amide bonds. The zero-order valence-corrected chi connectivity index (χ0v) is 13.9. The van der Waals surface area contributed by atoms with Crippen molar-refractivity contribution in [2.24, 2.45) is 0 Å². The van der Waals surface area contributed by atoms with Crippen LogP contribution in [-0.2, 0) is 6.61 Å². The Balaban J connectivity index is 2.08. The van der Waals surface area contributed by atoms with Gasteiger partial charge in [-0.3, -0.25) is 0 Å². The van der Waals surface area contributed by atoms with Crippen LogP contribution < -0.4 is 4.90 Å². The van der Waals surface area contributed by atoms with E-state index in [9.17, 15) is 5.11 Å². The smallest absolute Gasteiger partial charge is 0.185 e. The molecule has 114 valence electrons. The Morgan fingerprint density at radius 2 is 2.05 bits per heavy atom. The van der Waals surface area contributed by atoms with Crippen LogP contribution in [0.3, 0.4) is 0 Å². The zero-order valence-electron chi connectivity index (χ0n) is 13.1. The summed E-state index contributed by atoms with van der Waals surface area (Å²) in [6, 6.07) is 0.692. The molecule has 1 fully saturated rings. The maximum atomic E-state index is 9.53. The first-order valence-electron chi connectivity index (χ1n) is 7.58. The lowest BCUT2D eigenvalue weighted by molar-refractivity contribution is 0.249. The molecule has 1 N–H and O–H groups in total. The molecule has 1 aromatic rings. The van der Waals surface area contributed by atoms with Crippen LogP contribution in [0.2, 0.25) is 0 Å². The van der Waals surface area contributed by atoms with Crippen LogP contribution in [0.1, 0.15) is 49.6 Å². The lowest BCUT2D eigenvalue weighted by atomic mass is 10.0. The van der Waals surface area contributed by atoms with Gasteiger partial charge in [0.1, 0.15) is 0 Å². The molecule has 2 rings (SSSR count). The van der Waals surface area contributed by atoms with E-state index in [1.54, 1.807) is 11.3 Å². The Bertz CT molecular complexity index is 425. The Kier molecular flexibility index (Phi) is 5.41. The summed E-state index contributed by atoms with van der Waals surface area (Å²) in [6.45, 7) is 6.62. The second-order valence-electron chi connectivity index (χ2n) is 5.95. The van der Waals surface area contributed by atoms with Gasteiger partial charge in [0.25, 0.3) is 0 Å². The molecular formula is C15H27N3OS. The highest BCUT2D eigenvalue weighted by Crippen LogP contribution is 2.33. The molecule has 1 aliphatic rings. The van der Waals surface area contributed by atoms with Crippen molar-refractivity contribution < 1.29 is 5.11 Å². The molecule has 5 heteroatoms. The van der Waals surface area contributed by atoms with E-state index in [0.29, 0.717) is 12.0 Å². The van der Waals surface area contributed by atoms with E-state index in [1.165, 1.54) is 12.8 Å². The van der Waals surface area contributed by atoms with Crippen LogP contribution in [0, 0.1) is 0 Å². The van der Waals surface area contributed by atoms with Crippen molar-refractivity contribution in [2.45, 2.75) is 51.7 Å². The molecule has 0 bridgehead atoms. The molecule has 0 aliphatic carbocycles. The number of rotatable bonds is 5. The fourth-order valence-electron chi connectivity index (χ4n) is 2.75. The lowest BCUT2D eigenvalue weighted by Crippen LogP contribution is -2.41. The summed E-state index contributed by atoms with van der Waals surface area (Å²) in [5.41, 5.74) is 1.10. The fourth-order valence-corrected chi connectivity index (χ4v) is 3.84. The fraction of sp³-hybridized carbons (Fsp3) is 0.800. The highest BCUT2D eigenvalue weighted by molar-refractivity contribution is 7.15. The minimum absolute atomic E-state index is 0.117. The highest BCUT2D eigenvalue weighted by Gasteiger charge is 2.24. The third-order valence-corrected chi connectivity index (χ3v) is 5.52. The van der Waals surface area contributed by atoms with Gasteiger partial charge in [0.05, 0.1) is 17.2 Å². The molecule has 1 aromatic heterocycles. The number of piperidine rings is 1.